The van der Waals surface area contributed by atoms with E-state index in [9.17, 15) is 0 Å². The minimum absolute atomic E-state index is 0.785. The zero-order valence-corrected chi connectivity index (χ0v) is 11.3. The lowest BCUT2D eigenvalue weighted by Gasteiger charge is -2.05. The van der Waals surface area contributed by atoms with Crippen LogP contribution in [0.1, 0.15) is 5.56 Å². The molecule has 0 atom stereocenters. The Hall–Kier alpha value is -0.610. The van der Waals surface area contributed by atoms with Gasteiger partial charge in [0.25, 0.3) is 0 Å². The summed E-state index contributed by atoms with van der Waals surface area (Å²) in [6.45, 7) is 0. The van der Waals surface area contributed by atoms with Gasteiger partial charge >= 0.3 is 0 Å². The summed E-state index contributed by atoms with van der Waals surface area (Å²) in [5.41, 5.74) is 2.10. The van der Waals surface area contributed by atoms with Gasteiger partial charge in [-0.05, 0) is 45.8 Å². The van der Waals surface area contributed by atoms with E-state index in [1.807, 2.05) is 18.2 Å². The van der Waals surface area contributed by atoms with Gasteiger partial charge in [0, 0.05) is 10.7 Å². The molecule has 0 saturated carbocycles. The monoisotopic (exact) mass is 329 g/mol. The molecule has 0 bridgehead atoms. The predicted molar refractivity (Wildman–Crippen MR) is 68.6 cm³/mol. The van der Waals surface area contributed by atoms with Crippen LogP contribution < -0.4 is 4.74 Å². The van der Waals surface area contributed by atoms with E-state index in [0.717, 1.165) is 32.1 Å². The number of rotatable bonds is 2. The van der Waals surface area contributed by atoms with Crippen molar-refractivity contribution in [3.05, 3.63) is 34.4 Å². The lowest BCUT2D eigenvalue weighted by molar-refractivity contribution is 0.415. The summed E-state index contributed by atoms with van der Waals surface area (Å²) in [6.07, 6.45) is 0. The van der Waals surface area contributed by atoms with Crippen LogP contribution in [-0.2, 0) is 5.33 Å². The predicted octanol–water partition coefficient (Wildman–Crippen LogP) is 3.90. The third-order valence-electron chi connectivity index (χ3n) is 2.19. The maximum atomic E-state index is 5.17. The van der Waals surface area contributed by atoms with Crippen LogP contribution in [0.25, 0.3) is 10.9 Å². The van der Waals surface area contributed by atoms with Gasteiger partial charge in [-0.2, -0.15) is 0 Å². The Morgan fingerprint density at radius 1 is 1.33 bits per heavy atom. The second-order valence-electron chi connectivity index (χ2n) is 3.13. The highest BCUT2D eigenvalue weighted by atomic mass is 79.9. The summed E-state index contributed by atoms with van der Waals surface area (Å²) in [5.74, 6) is 0.854. The number of hydrogen-bond acceptors (Lipinski definition) is 2. The molecule has 4 heteroatoms. The standard InChI is InChI=1S/C11H9Br2NO/c1-15-9-2-3-10-7(5-9)4-8(6-12)11(13)14-10/h2-5H,6H2,1H3. The smallest absolute Gasteiger partial charge is 0.119 e. The van der Waals surface area contributed by atoms with E-state index in [4.69, 9.17) is 4.74 Å². The molecule has 0 aliphatic carbocycles. The number of ether oxygens (including phenoxy) is 1. The average Bonchev–Trinajstić information content (AvgIpc) is 2.27. The van der Waals surface area contributed by atoms with E-state index < -0.39 is 0 Å². The fourth-order valence-electron chi connectivity index (χ4n) is 1.40. The van der Waals surface area contributed by atoms with Crippen LogP contribution in [0, 0.1) is 0 Å². The molecule has 15 heavy (non-hydrogen) atoms. The van der Waals surface area contributed by atoms with Gasteiger partial charge in [0.05, 0.1) is 12.6 Å². The van der Waals surface area contributed by atoms with Crippen LogP contribution in [0.2, 0.25) is 0 Å². The van der Waals surface area contributed by atoms with Gasteiger partial charge in [-0.25, -0.2) is 4.98 Å². The number of hydrogen-bond donors (Lipinski definition) is 0. The van der Waals surface area contributed by atoms with E-state index in [1.165, 1.54) is 0 Å². The van der Waals surface area contributed by atoms with Crippen molar-refractivity contribution in [3.8, 4) is 5.75 Å². The topological polar surface area (TPSA) is 22.1 Å². The van der Waals surface area contributed by atoms with E-state index >= 15 is 0 Å². The second kappa shape index (κ2) is 4.49. The first kappa shape index (κ1) is 10.9. The highest BCUT2D eigenvalue weighted by molar-refractivity contribution is 9.10. The van der Waals surface area contributed by atoms with Gasteiger partial charge < -0.3 is 4.74 Å². The minimum Gasteiger partial charge on any atom is -0.497 e. The largest absolute Gasteiger partial charge is 0.497 e. The molecule has 0 saturated heterocycles. The van der Waals surface area contributed by atoms with Gasteiger partial charge in [-0.1, -0.05) is 15.9 Å². The molecule has 0 radical (unpaired) electrons. The van der Waals surface area contributed by atoms with Crippen LogP contribution in [0.3, 0.4) is 0 Å². The van der Waals surface area contributed by atoms with Crippen molar-refractivity contribution in [2.24, 2.45) is 0 Å². The summed E-state index contributed by atoms with van der Waals surface area (Å²) in [7, 11) is 1.67. The molecule has 1 aromatic carbocycles. The molecule has 2 aromatic rings. The van der Waals surface area contributed by atoms with Crippen molar-refractivity contribution in [1.82, 2.24) is 4.98 Å². The molecule has 2 nitrogen and oxygen atoms in total. The average molecular weight is 331 g/mol. The van der Waals surface area contributed by atoms with Crippen molar-refractivity contribution >= 4 is 42.8 Å². The molecule has 0 spiro atoms. The fraction of sp³-hybridized carbons (Fsp3) is 0.182. The van der Waals surface area contributed by atoms with Crippen LogP contribution >= 0.6 is 31.9 Å². The van der Waals surface area contributed by atoms with Gasteiger partial charge in [0.2, 0.25) is 0 Å². The Labute approximate surface area is 105 Å². The lowest BCUT2D eigenvalue weighted by Crippen LogP contribution is -1.88. The van der Waals surface area contributed by atoms with E-state index in [2.05, 4.69) is 42.9 Å². The van der Waals surface area contributed by atoms with Crippen molar-refractivity contribution in [2.75, 3.05) is 7.11 Å². The molecule has 0 fully saturated rings. The number of fused-ring (bicyclic) bond motifs is 1. The van der Waals surface area contributed by atoms with Crippen molar-refractivity contribution in [3.63, 3.8) is 0 Å². The third-order valence-corrected chi connectivity index (χ3v) is 3.48. The lowest BCUT2D eigenvalue weighted by atomic mass is 10.2. The molecule has 78 valence electrons. The molecule has 0 unspecified atom stereocenters. The fourth-order valence-corrected chi connectivity index (χ4v) is 2.64. The van der Waals surface area contributed by atoms with E-state index in [-0.39, 0.29) is 0 Å². The minimum atomic E-state index is 0.785. The molecule has 1 aromatic heterocycles. The van der Waals surface area contributed by atoms with Crippen LogP contribution in [0.15, 0.2) is 28.9 Å². The van der Waals surface area contributed by atoms with Crippen LogP contribution in [0.5, 0.6) is 5.75 Å². The van der Waals surface area contributed by atoms with Crippen molar-refractivity contribution in [2.45, 2.75) is 5.33 Å². The van der Waals surface area contributed by atoms with Crippen LogP contribution in [-0.4, -0.2) is 12.1 Å². The number of pyridine rings is 1. The Bertz CT molecular complexity index is 499. The highest BCUT2D eigenvalue weighted by Gasteiger charge is 2.04. The summed E-state index contributed by atoms with van der Waals surface area (Å²) in [4.78, 5) is 4.45. The number of halogens is 2. The zero-order valence-electron chi connectivity index (χ0n) is 8.13. The zero-order chi connectivity index (χ0) is 10.8. The van der Waals surface area contributed by atoms with Crippen molar-refractivity contribution < 1.29 is 4.74 Å². The van der Waals surface area contributed by atoms with E-state index in [1.54, 1.807) is 7.11 Å². The first-order valence-electron chi connectivity index (χ1n) is 4.43. The van der Waals surface area contributed by atoms with Gasteiger partial charge in [0.1, 0.15) is 10.4 Å². The highest BCUT2D eigenvalue weighted by Crippen LogP contribution is 2.25. The van der Waals surface area contributed by atoms with Gasteiger partial charge in [-0.3, -0.25) is 0 Å². The molecule has 0 N–H and O–H groups in total. The molecule has 2 rings (SSSR count). The maximum Gasteiger partial charge on any atom is 0.119 e. The molecular weight excluding hydrogens is 322 g/mol. The quantitative estimate of drug-likeness (QED) is 0.615. The number of aromatic nitrogens is 1. The van der Waals surface area contributed by atoms with E-state index in [0.29, 0.717) is 0 Å². The van der Waals surface area contributed by atoms with Crippen LogP contribution in [0.4, 0.5) is 0 Å². The number of nitrogens with zero attached hydrogens (tertiary/aromatic N) is 1. The number of benzene rings is 1. The molecule has 0 aliphatic heterocycles. The Kier molecular flexibility index (Phi) is 3.26. The molecule has 0 aliphatic rings. The Morgan fingerprint density at radius 3 is 2.80 bits per heavy atom. The Morgan fingerprint density at radius 2 is 2.13 bits per heavy atom. The summed E-state index contributed by atoms with van der Waals surface area (Å²) in [6, 6.07) is 7.96. The normalized spacial score (nSPS) is 10.6. The SMILES string of the molecule is COc1ccc2nc(Br)c(CBr)cc2c1. The van der Waals surface area contributed by atoms with Crippen molar-refractivity contribution in [1.29, 1.82) is 0 Å². The molecular formula is C11H9Br2NO. The first-order valence-corrected chi connectivity index (χ1v) is 6.35. The summed E-state index contributed by atoms with van der Waals surface area (Å²) < 4.78 is 6.06. The summed E-state index contributed by atoms with van der Waals surface area (Å²) in [5, 5.41) is 1.88. The summed E-state index contributed by atoms with van der Waals surface area (Å²) >= 11 is 6.87. The number of alkyl halides is 1. The maximum absolute atomic E-state index is 5.17. The molecule has 1 heterocycles. The third kappa shape index (κ3) is 2.16. The molecule has 0 amide bonds. The first-order chi connectivity index (χ1) is 7.24. The second-order valence-corrected chi connectivity index (χ2v) is 4.44. The van der Waals surface area contributed by atoms with Gasteiger partial charge in [0.15, 0.2) is 0 Å². The number of methoxy groups -OCH3 is 1. The Balaban J connectivity index is 2.66. The van der Waals surface area contributed by atoms with Gasteiger partial charge in [-0.15, -0.1) is 0 Å².